The highest BCUT2D eigenvalue weighted by Crippen LogP contribution is 2.65. The van der Waals surface area contributed by atoms with E-state index in [2.05, 4.69) is 81.4 Å². The maximum atomic E-state index is 13.7. The summed E-state index contributed by atoms with van der Waals surface area (Å²) in [5.74, 6) is -2.21. The smallest absolute Gasteiger partial charge is 0.459 e. The van der Waals surface area contributed by atoms with E-state index < -0.39 is 44.0 Å². The van der Waals surface area contributed by atoms with Gasteiger partial charge in [0.2, 0.25) is 0 Å². The minimum absolute atomic E-state index is 0.133. The maximum Gasteiger partial charge on any atom is 0.508 e. The minimum atomic E-state index is -3.09. The summed E-state index contributed by atoms with van der Waals surface area (Å²) in [6.07, 6.45) is 9.38. The number of hydrogen-bond donors (Lipinski definition) is 0. The Morgan fingerprint density at radius 3 is 1.73 bits per heavy atom. The molecule has 8 aliphatic rings. The van der Waals surface area contributed by atoms with Gasteiger partial charge in [0.25, 0.3) is 14.2 Å². The van der Waals surface area contributed by atoms with Crippen molar-refractivity contribution in [3.63, 3.8) is 0 Å². The molecule has 0 spiro atoms. The molecule has 4 unspecified atom stereocenters. The first-order chi connectivity index (χ1) is 24.0. The lowest BCUT2D eigenvalue weighted by atomic mass is 9.48. The Kier molecular flexibility index (Phi) is 8.38. The molecule has 8 saturated carbocycles. The Bertz CT molecular complexity index is 1570. The zero-order valence-corrected chi connectivity index (χ0v) is 31.7. The fraction of sp³-hybridized carbons (Fsp3) is 0.667. The summed E-state index contributed by atoms with van der Waals surface area (Å²) in [4.78, 5) is 27.0. The van der Waals surface area contributed by atoms with Gasteiger partial charge in [-0.3, -0.25) is 4.79 Å². The van der Waals surface area contributed by atoms with E-state index in [9.17, 15) is 18.4 Å². The van der Waals surface area contributed by atoms with Crippen LogP contribution < -0.4 is 10.4 Å². The molecule has 9 heteroatoms. The van der Waals surface area contributed by atoms with Crippen LogP contribution in [0.4, 0.5) is 13.6 Å². The SMILES string of the molecule is CC(F)(F)COC(=O)C12CC3CC(CC(OC(=O)OCC45CC6CC(C4)CC(O[Si](c4ccccc4)(c4ccccc4)C(C)(C)C)(C6)C5)(C3)C1)C2. The fourth-order valence-corrected chi connectivity index (χ4v) is 17.7. The Morgan fingerprint density at radius 1 is 0.706 bits per heavy atom. The Balaban J connectivity index is 1.01. The molecule has 0 aromatic heterocycles. The van der Waals surface area contributed by atoms with Crippen molar-refractivity contribution in [2.45, 2.75) is 127 Å². The van der Waals surface area contributed by atoms with Crippen molar-refractivity contribution in [1.29, 1.82) is 0 Å². The van der Waals surface area contributed by atoms with Gasteiger partial charge in [0.1, 0.15) is 12.2 Å². The fourth-order valence-electron chi connectivity index (χ4n) is 12.9. The van der Waals surface area contributed by atoms with Gasteiger partial charge < -0.3 is 18.6 Å². The largest absolute Gasteiger partial charge is 0.508 e. The van der Waals surface area contributed by atoms with Crippen LogP contribution in [0.25, 0.3) is 0 Å². The highest BCUT2D eigenvalue weighted by molar-refractivity contribution is 6.99. The molecule has 2 aromatic rings. The van der Waals surface area contributed by atoms with Crippen molar-refractivity contribution >= 4 is 30.8 Å². The molecular formula is C42H54F2O6Si. The first kappa shape index (κ1) is 35.3. The van der Waals surface area contributed by atoms with Gasteiger partial charge in [-0.1, -0.05) is 81.4 Å². The maximum absolute atomic E-state index is 13.7. The van der Waals surface area contributed by atoms with Crippen molar-refractivity contribution in [3.8, 4) is 0 Å². The molecular weight excluding hydrogens is 667 g/mol. The molecule has 8 fully saturated rings. The number of hydrogen-bond acceptors (Lipinski definition) is 6. The van der Waals surface area contributed by atoms with Gasteiger partial charge in [-0.05, 0) is 110 Å². The Hall–Kier alpha value is -2.78. The summed E-state index contributed by atoms with van der Waals surface area (Å²) in [6.45, 7) is 7.14. The van der Waals surface area contributed by atoms with Crippen LogP contribution in [0, 0.1) is 34.5 Å². The normalized spacial score (nSPS) is 36.6. The summed E-state index contributed by atoms with van der Waals surface area (Å²) in [5, 5.41) is 2.44. The molecule has 0 saturated heterocycles. The number of esters is 1. The number of alkyl halides is 2. The number of benzene rings is 2. The van der Waals surface area contributed by atoms with Crippen LogP contribution in [-0.4, -0.2) is 50.8 Å². The molecule has 0 amide bonds. The molecule has 4 atom stereocenters. The lowest BCUT2D eigenvalue weighted by Crippen LogP contribution is -2.72. The molecule has 8 aliphatic carbocycles. The zero-order valence-electron chi connectivity index (χ0n) is 30.7. The molecule has 276 valence electrons. The van der Waals surface area contributed by atoms with E-state index in [0.717, 1.165) is 45.4 Å². The van der Waals surface area contributed by atoms with E-state index in [4.69, 9.17) is 18.6 Å². The summed E-state index contributed by atoms with van der Waals surface area (Å²) in [5.41, 5.74) is -2.17. The van der Waals surface area contributed by atoms with Crippen LogP contribution in [0.1, 0.15) is 105 Å². The van der Waals surface area contributed by atoms with Crippen LogP contribution in [0.3, 0.4) is 0 Å². The van der Waals surface area contributed by atoms with Crippen LogP contribution in [-0.2, 0) is 23.4 Å². The lowest BCUT2D eigenvalue weighted by Gasteiger charge is -2.64. The third kappa shape index (κ3) is 6.36. The van der Waals surface area contributed by atoms with Gasteiger partial charge in [-0.15, -0.1) is 0 Å². The number of carbonyl (C=O) groups is 2. The molecule has 0 N–H and O–H groups in total. The summed E-state index contributed by atoms with van der Waals surface area (Å²) in [7, 11) is -2.80. The van der Waals surface area contributed by atoms with Crippen molar-refractivity contribution < 1.29 is 37.0 Å². The van der Waals surface area contributed by atoms with E-state index >= 15 is 0 Å². The molecule has 8 bridgehead atoms. The average Bonchev–Trinajstić information content (AvgIpc) is 3.04. The predicted octanol–water partition coefficient (Wildman–Crippen LogP) is 8.59. The lowest BCUT2D eigenvalue weighted by molar-refractivity contribution is -0.208. The van der Waals surface area contributed by atoms with Gasteiger partial charge >= 0.3 is 12.1 Å². The second-order valence-electron chi connectivity index (χ2n) is 19.1. The number of rotatable bonds is 10. The van der Waals surface area contributed by atoms with Crippen LogP contribution in [0.15, 0.2) is 60.7 Å². The summed E-state index contributed by atoms with van der Waals surface area (Å²) in [6, 6.07) is 21.7. The van der Waals surface area contributed by atoms with Crippen molar-refractivity contribution in [2.75, 3.05) is 13.2 Å². The molecule has 2 aromatic carbocycles. The predicted molar refractivity (Wildman–Crippen MR) is 192 cm³/mol. The first-order valence-corrected chi connectivity index (χ1v) is 21.2. The van der Waals surface area contributed by atoms with Crippen LogP contribution in [0.5, 0.6) is 0 Å². The molecule has 0 radical (unpaired) electrons. The summed E-state index contributed by atoms with van der Waals surface area (Å²) < 4.78 is 52.7. The monoisotopic (exact) mass is 720 g/mol. The minimum Gasteiger partial charge on any atom is -0.459 e. The van der Waals surface area contributed by atoms with E-state index in [0.29, 0.717) is 50.5 Å². The molecule has 0 aliphatic heterocycles. The second kappa shape index (κ2) is 12.1. The summed E-state index contributed by atoms with van der Waals surface area (Å²) >= 11 is 0. The van der Waals surface area contributed by atoms with E-state index in [-0.39, 0.29) is 27.9 Å². The highest BCUT2D eigenvalue weighted by Gasteiger charge is 2.65. The number of ether oxygens (including phenoxy) is 3. The second-order valence-corrected chi connectivity index (χ2v) is 23.3. The quantitative estimate of drug-likeness (QED) is 0.181. The van der Waals surface area contributed by atoms with Gasteiger partial charge in [0.15, 0.2) is 6.61 Å². The van der Waals surface area contributed by atoms with Crippen LogP contribution >= 0.6 is 0 Å². The molecule has 51 heavy (non-hydrogen) atoms. The van der Waals surface area contributed by atoms with E-state index in [1.165, 1.54) is 16.8 Å². The number of halogens is 2. The Labute approximate surface area is 302 Å². The van der Waals surface area contributed by atoms with Crippen LogP contribution in [0.2, 0.25) is 5.04 Å². The zero-order chi connectivity index (χ0) is 35.9. The van der Waals surface area contributed by atoms with Crippen molar-refractivity contribution in [3.05, 3.63) is 60.7 Å². The van der Waals surface area contributed by atoms with Gasteiger partial charge in [0, 0.05) is 18.8 Å². The third-order valence-electron chi connectivity index (χ3n) is 13.6. The van der Waals surface area contributed by atoms with E-state index in [1.807, 2.05) is 0 Å². The van der Waals surface area contributed by atoms with E-state index in [1.54, 1.807) is 0 Å². The molecule has 10 rings (SSSR count). The topological polar surface area (TPSA) is 71.1 Å². The Morgan fingerprint density at radius 2 is 1.22 bits per heavy atom. The van der Waals surface area contributed by atoms with Crippen molar-refractivity contribution in [2.24, 2.45) is 34.5 Å². The van der Waals surface area contributed by atoms with Gasteiger partial charge in [-0.2, -0.15) is 0 Å². The standard InChI is InChI=1S/C42H54F2O6Si/c1-37(2,3)51(33-11-7-5-8-12-33,34-13-9-6-10-14-34)50-42-23-29-15-30(24-42)18-39(17-29,25-42)28-48-36(46)49-41-21-31-16-32(22-41)20-40(19-31,26-41)35(45)47-27-38(4,43)44/h5-14,29-32H,15-28H2,1-4H3. The third-order valence-corrected chi connectivity index (χ3v) is 18.8. The van der Waals surface area contributed by atoms with Gasteiger partial charge in [0.05, 0.1) is 11.0 Å². The number of carbonyl (C=O) groups excluding carboxylic acids is 2. The molecule has 6 nitrogen and oxygen atoms in total. The van der Waals surface area contributed by atoms with Crippen molar-refractivity contribution in [1.82, 2.24) is 0 Å². The first-order valence-electron chi connectivity index (χ1n) is 19.3. The van der Waals surface area contributed by atoms with Gasteiger partial charge in [-0.25, -0.2) is 13.6 Å². The molecule has 0 heterocycles. The highest BCUT2D eigenvalue weighted by atomic mass is 28.4. The average molecular weight is 721 g/mol.